The normalized spacial score (nSPS) is 19.6. The molecule has 0 amide bonds. The number of rotatable bonds is 7. The molecular weight excluding hydrogens is 250 g/mol. The Labute approximate surface area is 122 Å². The smallest absolute Gasteiger partial charge is 0.119 e. The van der Waals surface area contributed by atoms with Gasteiger partial charge in [0, 0.05) is 6.54 Å². The highest BCUT2D eigenvalue weighted by Crippen LogP contribution is 2.67. The number of nitrogens with one attached hydrogen (secondary N) is 1. The van der Waals surface area contributed by atoms with Crippen LogP contribution in [0.4, 0.5) is 0 Å². The summed E-state index contributed by atoms with van der Waals surface area (Å²) in [7, 11) is 1.67. The molecule has 0 spiro atoms. The van der Waals surface area contributed by atoms with Gasteiger partial charge in [0.2, 0.25) is 0 Å². The molecule has 2 rings (SSSR count). The quantitative estimate of drug-likeness (QED) is 0.775. The van der Waals surface area contributed by atoms with E-state index in [9.17, 15) is 0 Å². The van der Waals surface area contributed by atoms with Gasteiger partial charge in [-0.25, -0.2) is 0 Å². The van der Waals surface area contributed by atoms with E-state index in [2.05, 4.69) is 33.0 Å². The maximum atomic E-state index is 5.69. The third-order valence-electron chi connectivity index (χ3n) is 5.28. The predicted molar refractivity (Wildman–Crippen MR) is 82.4 cm³/mol. The topological polar surface area (TPSA) is 30.5 Å². The van der Waals surface area contributed by atoms with Gasteiger partial charge >= 0.3 is 0 Å². The van der Waals surface area contributed by atoms with Gasteiger partial charge in [-0.15, -0.1) is 0 Å². The van der Waals surface area contributed by atoms with Crippen LogP contribution in [-0.4, -0.2) is 26.8 Å². The minimum absolute atomic E-state index is 0.455. The van der Waals surface area contributed by atoms with E-state index in [4.69, 9.17) is 9.47 Å². The van der Waals surface area contributed by atoms with Crippen LogP contribution < -0.4 is 14.8 Å². The van der Waals surface area contributed by atoms with Gasteiger partial charge in [0.05, 0.1) is 7.11 Å². The second-order valence-electron chi connectivity index (χ2n) is 6.72. The van der Waals surface area contributed by atoms with Gasteiger partial charge in [0.15, 0.2) is 0 Å². The molecule has 1 aliphatic carbocycles. The lowest BCUT2D eigenvalue weighted by atomic mass is 10.0. The first kappa shape index (κ1) is 15.2. The fraction of sp³-hybridized carbons (Fsp3) is 0.647. The molecule has 3 nitrogen and oxygen atoms in total. The molecule has 1 aliphatic rings. The third-order valence-corrected chi connectivity index (χ3v) is 5.28. The van der Waals surface area contributed by atoms with Crippen LogP contribution >= 0.6 is 0 Å². The molecule has 0 aromatic heterocycles. The summed E-state index contributed by atoms with van der Waals surface area (Å²) in [5.41, 5.74) is 0.910. The van der Waals surface area contributed by atoms with E-state index in [1.165, 1.54) is 0 Å². The summed E-state index contributed by atoms with van der Waals surface area (Å²) in [5, 5.41) is 3.50. The van der Waals surface area contributed by atoms with E-state index in [0.717, 1.165) is 30.5 Å². The van der Waals surface area contributed by atoms with Gasteiger partial charge in [-0.3, -0.25) is 0 Å². The molecule has 0 radical (unpaired) electrons. The van der Waals surface area contributed by atoms with Crippen LogP contribution in [0, 0.1) is 16.7 Å². The Morgan fingerprint density at radius 1 is 1.00 bits per heavy atom. The molecule has 3 heteroatoms. The van der Waals surface area contributed by atoms with Crippen molar-refractivity contribution in [2.45, 2.75) is 27.7 Å². The van der Waals surface area contributed by atoms with Crippen LogP contribution in [0.3, 0.4) is 0 Å². The fourth-order valence-electron chi connectivity index (χ4n) is 3.00. The number of hydrogen-bond donors (Lipinski definition) is 1. The largest absolute Gasteiger partial charge is 0.497 e. The Balaban J connectivity index is 1.63. The van der Waals surface area contributed by atoms with Crippen LogP contribution in [0.2, 0.25) is 0 Å². The monoisotopic (exact) mass is 277 g/mol. The van der Waals surface area contributed by atoms with Gasteiger partial charge in [0.1, 0.15) is 18.1 Å². The minimum atomic E-state index is 0.455. The van der Waals surface area contributed by atoms with Gasteiger partial charge < -0.3 is 14.8 Å². The molecule has 0 bridgehead atoms. The maximum Gasteiger partial charge on any atom is 0.119 e. The second kappa shape index (κ2) is 5.65. The lowest BCUT2D eigenvalue weighted by molar-refractivity contribution is 0.310. The molecule has 1 saturated carbocycles. The first-order valence-electron chi connectivity index (χ1n) is 7.37. The van der Waals surface area contributed by atoms with Gasteiger partial charge in [-0.2, -0.15) is 0 Å². The Kier molecular flexibility index (Phi) is 4.28. The Morgan fingerprint density at radius 2 is 1.55 bits per heavy atom. The summed E-state index contributed by atoms with van der Waals surface area (Å²) in [6.45, 7) is 12.1. The SMILES string of the molecule is COc1ccc(OCCNCC2C(C)(C)C2(C)C)cc1. The highest BCUT2D eigenvalue weighted by atomic mass is 16.5. The van der Waals surface area contributed by atoms with Crippen molar-refractivity contribution in [3.05, 3.63) is 24.3 Å². The van der Waals surface area contributed by atoms with Crippen molar-refractivity contribution >= 4 is 0 Å². The Bertz CT molecular complexity index is 423. The summed E-state index contributed by atoms with van der Waals surface area (Å²) in [6, 6.07) is 7.70. The van der Waals surface area contributed by atoms with Crippen molar-refractivity contribution in [3.8, 4) is 11.5 Å². The van der Waals surface area contributed by atoms with Crippen LogP contribution in [0.25, 0.3) is 0 Å². The molecule has 0 heterocycles. The van der Waals surface area contributed by atoms with E-state index in [-0.39, 0.29) is 0 Å². The zero-order chi connectivity index (χ0) is 14.8. The zero-order valence-electron chi connectivity index (χ0n) is 13.3. The van der Waals surface area contributed by atoms with Crippen molar-refractivity contribution < 1.29 is 9.47 Å². The molecule has 0 saturated heterocycles. The molecule has 20 heavy (non-hydrogen) atoms. The molecule has 0 unspecified atom stereocenters. The van der Waals surface area contributed by atoms with E-state index < -0.39 is 0 Å². The Morgan fingerprint density at radius 3 is 2.05 bits per heavy atom. The molecule has 112 valence electrons. The van der Waals surface area contributed by atoms with E-state index in [0.29, 0.717) is 17.4 Å². The van der Waals surface area contributed by atoms with Crippen LogP contribution in [0.1, 0.15) is 27.7 Å². The van der Waals surface area contributed by atoms with Crippen molar-refractivity contribution in [1.29, 1.82) is 0 Å². The van der Waals surface area contributed by atoms with E-state index in [1.807, 2.05) is 24.3 Å². The summed E-state index contributed by atoms with van der Waals surface area (Å²) in [4.78, 5) is 0. The molecule has 1 fully saturated rings. The predicted octanol–water partition coefficient (Wildman–Crippen LogP) is 3.35. The van der Waals surface area contributed by atoms with Crippen molar-refractivity contribution in [3.63, 3.8) is 0 Å². The van der Waals surface area contributed by atoms with E-state index >= 15 is 0 Å². The molecule has 0 atom stereocenters. The van der Waals surface area contributed by atoms with Crippen molar-refractivity contribution in [1.82, 2.24) is 5.32 Å². The number of methoxy groups -OCH3 is 1. The first-order valence-corrected chi connectivity index (χ1v) is 7.37. The summed E-state index contributed by atoms with van der Waals surface area (Å²) in [5.74, 6) is 2.50. The van der Waals surface area contributed by atoms with Crippen LogP contribution in [0.15, 0.2) is 24.3 Å². The van der Waals surface area contributed by atoms with Crippen LogP contribution in [0.5, 0.6) is 11.5 Å². The van der Waals surface area contributed by atoms with Gasteiger partial charge in [-0.1, -0.05) is 27.7 Å². The number of hydrogen-bond acceptors (Lipinski definition) is 3. The maximum absolute atomic E-state index is 5.69. The van der Waals surface area contributed by atoms with Gasteiger partial charge in [0.25, 0.3) is 0 Å². The lowest BCUT2D eigenvalue weighted by Gasteiger charge is -2.09. The second-order valence-corrected chi connectivity index (χ2v) is 6.72. The molecular formula is C17H27NO2. The average Bonchev–Trinajstić information content (AvgIpc) is 2.81. The zero-order valence-corrected chi connectivity index (χ0v) is 13.3. The molecule has 1 aromatic rings. The van der Waals surface area contributed by atoms with Crippen LogP contribution in [-0.2, 0) is 0 Å². The fourth-order valence-corrected chi connectivity index (χ4v) is 3.00. The van der Waals surface area contributed by atoms with Crippen molar-refractivity contribution in [2.75, 3.05) is 26.8 Å². The number of benzene rings is 1. The van der Waals surface area contributed by atoms with Gasteiger partial charge in [-0.05, 0) is 47.6 Å². The first-order chi connectivity index (χ1) is 9.39. The third kappa shape index (κ3) is 2.93. The summed E-state index contributed by atoms with van der Waals surface area (Å²) >= 11 is 0. The average molecular weight is 277 g/mol. The summed E-state index contributed by atoms with van der Waals surface area (Å²) in [6.07, 6.45) is 0. The lowest BCUT2D eigenvalue weighted by Crippen LogP contribution is -2.24. The molecule has 0 aliphatic heterocycles. The standard InChI is InChI=1S/C17H27NO2/c1-16(2)15(17(16,3)4)12-18-10-11-20-14-8-6-13(19-5)7-9-14/h6-9,15,18H,10-12H2,1-5H3. The highest BCUT2D eigenvalue weighted by Gasteiger charge is 2.63. The van der Waals surface area contributed by atoms with Crippen molar-refractivity contribution in [2.24, 2.45) is 16.7 Å². The number of ether oxygens (including phenoxy) is 2. The minimum Gasteiger partial charge on any atom is -0.497 e. The molecule has 1 aromatic carbocycles. The summed E-state index contributed by atoms with van der Waals surface area (Å²) < 4.78 is 10.8. The molecule has 1 N–H and O–H groups in total. The van der Waals surface area contributed by atoms with E-state index in [1.54, 1.807) is 7.11 Å². The Hall–Kier alpha value is -1.22. The highest BCUT2D eigenvalue weighted by molar-refractivity contribution is 5.31.